The van der Waals surface area contributed by atoms with Crippen LogP contribution in [0.3, 0.4) is 0 Å². The highest BCUT2D eigenvalue weighted by molar-refractivity contribution is 7.91. The summed E-state index contributed by atoms with van der Waals surface area (Å²) < 4.78 is 71.8. The number of ether oxygens (including phenoxy) is 3. The smallest absolute Gasteiger partial charge is 0.206 e. The summed E-state index contributed by atoms with van der Waals surface area (Å²) in [7, 11) is -7.37. The fourth-order valence-electron chi connectivity index (χ4n) is 8.03. The van der Waals surface area contributed by atoms with Gasteiger partial charge in [-0.15, -0.1) is 0 Å². The molecule has 0 aromatic heterocycles. The molecule has 7 aromatic carbocycles. The Kier molecular flexibility index (Phi) is 16.1. The van der Waals surface area contributed by atoms with Crippen LogP contribution in [0.4, 0.5) is 0 Å². The third kappa shape index (κ3) is 12.6. The Labute approximate surface area is 398 Å². The Balaban J connectivity index is 0.898. The van der Waals surface area contributed by atoms with Crippen LogP contribution in [0.1, 0.15) is 106 Å². The van der Waals surface area contributed by atoms with Crippen LogP contribution in [0.25, 0.3) is 0 Å². The van der Waals surface area contributed by atoms with Gasteiger partial charge in [-0.25, -0.2) is 16.8 Å². The molecule has 0 saturated heterocycles. The lowest BCUT2D eigenvalue weighted by atomic mass is 9.78. The highest BCUT2D eigenvalue weighted by Gasteiger charge is 2.24. The van der Waals surface area contributed by atoms with E-state index in [0.717, 1.165) is 52.2 Å². The Bertz CT molecular complexity index is 2910. The highest BCUT2D eigenvalue weighted by atomic mass is 32.2. The van der Waals surface area contributed by atoms with Gasteiger partial charge in [0.1, 0.15) is 28.7 Å². The first-order valence-electron chi connectivity index (χ1n) is 23.4. The molecule has 0 aliphatic carbocycles. The minimum absolute atomic E-state index is 0.195. The molecule has 7 rings (SSSR count). The molecular weight excluding hydrogens is 873 g/mol. The zero-order valence-corrected chi connectivity index (χ0v) is 41.0. The normalized spacial score (nSPS) is 11.9. The van der Waals surface area contributed by atoms with Gasteiger partial charge in [0.2, 0.25) is 19.7 Å². The molecule has 0 amide bonds. The van der Waals surface area contributed by atoms with E-state index in [-0.39, 0.29) is 25.0 Å². The van der Waals surface area contributed by atoms with Gasteiger partial charge in [0.15, 0.2) is 0 Å². The van der Waals surface area contributed by atoms with Gasteiger partial charge in [-0.3, -0.25) is 0 Å². The van der Waals surface area contributed by atoms with E-state index in [0.29, 0.717) is 29.4 Å². The van der Waals surface area contributed by atoms with Crippen LogP contribution in [0.5, 0.6) is 28.7 Å². The van der Waals surface area contributed by atoms with Crippen molar-refractivity contribution in [2.45, 2.75) is 117 Å². The lowest BCUT2D eigenvalue weighted by Gasteiger charge is -2.26. The Hall–Kier alpha value is -6.16. The second-order valence-corrected chi connectivity index (χ2v) is 21.8. The average Bonchev–Trinajstić information content (AvgIpc) is 3.33. The molecule has 0 bridgehead atoms. The fraction of sp³-hybridized carbons (Fsp3) is 0.276. The van der Waals surface area contributed by atoms with Gasteiger partial charge in [-0.05, 0) is 158 Å². The molecule has 0 heterocycles. The van der Waals surface area contributed by atoms with Crippen LogP contribution >= 0.6 is 0 Å². The highest BCUT2D eigenvalue weighted by Crippen LogP contribution is 2.36. The Morgan fingerprint density at radius 1 is 0.433 bits per heavy atom. The lowest BCUT2D eigenvalue weighted by molar-refractivity contribution is 0.302. The average molecular weight is 935 g/mol. The fourth-order valence-corrected chi connectivity index (χ4v) is 10.6. The van der Waals surface area contributed by atoms with Gasteiger partial charge in [0.25, 0.3) is 0 Å². The van der Waals surface area contributed by atoms with E-state index < -0.39 is 19.7 Å². The van der Waals surface area contributed by atoms with Crippen molar-refractivity contribution in [3.63, 3.8) is 0 Å². The molecule has 0 fully saturated rings. The molecular formula is C58H62O7S2. The van der Waals surface area contributed by atoms with Crippen molar-refractivity contribution >= 4 is 19.7 Å². The number of aryl methyl sites for hydroxylation is 2. The van der Waals surface area contributed by atoms with Gasteiger partial charge in [0, 0.05) is 5.41 Å². The van der Waals surface area contributed by atoms with Crippen LogP contribution in [0, 0.1) is 13.8 Å². The number of hydrogen-bond donors (Lipinski definition) is 0. The predicted octanol–water partition coefficient (Wildman–Crippen LogP) is 15.0. The van der Waals surface area contributed by atoms with Crippen molar-refractivity contribution in [3.05, 3.63) is 197 Å². The zero-order chi connectivity index (χ0) is 47.4. The molecule has 348 valence electrons. The topological polar surface area (TPSA) is 96.0 Å². The Morgan fingerprint density at radius 2 is 0.806 bits per heavy atom. The van der Waals surface area contributed by atoms with Crippen molar-refractivity contribution in [1.29, 1.82) is 0 Å². The first kappa shape index (κ1) is 48.8. The molecule has 0 atom stereocenters. The van der Waals surface area contributed by atoms with E-state index in [1.807, 2.05) is 67.6 Å². The van der Waals surface area contributed by atoms with Crippen molar-refractivity contribution < 1.29 is 31.0 Å². The van der Waals surface area contributed by atoms with Gasteiger partial charge < -0.3 is 14.2 Å². The third-order valence-corrected chi connectivity index (χ3v) is 15.9. The number of unbranched alkanes of at least 4 members (excludes halogenated alkanes) is 7. The van der Waals surface area contributed by atoms with E-state index in [2.05, 4.69) is 45.9 Å². The quantitative estimate of drug-likeness (QED) is 0.0625. The molecule has 7 nitrogen and oxygen atoms in total. The molecule has 0 saturated carbocycles. The first-order valence-corrected chi connectivity index (χ1v) is 26.3. The summed E-state index contributed by atoms with van der Waals surface area (Å²) in [6, 6.07) is 48.9. The van der Waals surface area contributed by atoms with Crippen molar-refractivity contribution in [3.8, 4) is 28.7 Å². The standard InChI is InChI=1S/C58H62O7S2/c1-6-7-8-9-10-11-12-13-40-63-57-42-46(17-16-44(57)3)41-45-18-34-54(35-19-45)67(61,62)56-38-30-52(31-39-56)65-50-26-22-48(23-27-50)58(4,5)47-20-24-49(25-21-47)64-51-28-36-55(37-29-51)66(59,60)53-32-14-43(2)15-33-53/h14-39,42H,6-13,40-41H2,1-5H3. The zero-order valence-electron chi connectivity index (χ0n) is 39.3. The summed E-state index contributed by atoms with van der Waals surface area (Å²) >= 11 is 0. The molecule has 0 aliphatic heterocycles. The second-order valence-electron chi connectivity index (χ2n) is 17.9. The number of benzene rings is 7. The summed E-state index contributed by atoms with van der Waals surface area (Å²) in [6.45, 7) is 11.2. The van der Waals surface area contributed by atoms with E-state index in [1.165, 1.54) is 44.9 Å². The summed E-state index contributed by atoms with van der Waals surface area (Å²) in [6.07, 6.45) is 10.8. The maximum absolute atomic E-state index is 13.6. The van der Waals surface area contributed by atoms with Gasteiger partial charge in [-0.2, -0.15) is 0 Å². The molecule has 0 radical (unpaired) electrons. The molecule has 0 spiro atoms. The monoisotopic (exact) mass is 934 g/mol. The van der Waals surface area contributed by atoms with Crippen LogP contribution in [0.15, 0.2) is 183 Å². The third-order valence-electron chi connectivity index (χ3n) is 12.4. The van der Waals surface area contributed by atoms with Crippen LogP contribution in [-0.2, 0) is 31.5 Å². The minimum atomic E-state index is -3.74. The van der Waals surface area contributed by atoms with E-state index in [1.54, 1.807) is 84.9 Å². The van der Waals surface area contributed by atoms with Crippen LogP contribution in [-0.4, -0.2) is 23.4 Å². The van der Waals surface area contributed by atoms with Crippen molar-refractivity contribution in [1.82, 2.24) is 0 Å². The van der Waals surface area contributed by atoms with Crippen LogP contribution < -0.4 is 14.2 Å². The predicted molar refractivity (Wildman–Crippen MR) is 269 cm³/mol. The molecule has 0 unspecified atom stereocenters. The largest absolute Gasteiger partial charge is 0.493 e. The number of rotatable bonds is 22. The summed E-state index contributed by atoms with van der Waals surface area (Å²) in [5.74, 6) is 3.23. The van der Waals surface area contributed by atoms with E-state index >= 15 is 0 Å². The summed E-state index contributed by atoms with van der Waals surface area (Å²) in [5.41, 5.74) is 6.06. The molecule has 67 heavy (non-hydrogen) atoms. The maximum atomic E-state index is 13.6. The van der Waals surface area contributed by atoms with Gasteiger partial charge >= 0.3 is 0 Å². The summed E-state index contributed by atoms with van der Waals surface area (Å²) in [4.78, 5) is 0.893. The van der Waals surface area contributed by atoms with Crippen molar-refractivity contribution in [2.75, 3.05) is 6.61 Å². The number of sulfone groups is 2. The second kappa shape index (κ2) is 22.1. The number of hydrogen-bond acceptors (Lipinski definition) is 7. The van der Waals surface area contributed by atoms with E-state index in [4.69, 9.17) is 14.2 Å². The van der Waals surface area contributed by atoms with Crippen LogP contribution in [0.2, 0.25) is 0 Å². The summed E-state index contributed by atoms with van der Waals surface area (Å²) in [5, 5.41) is 0. The Morgan fingerprint density at radius 3 is 1.25 bits per heavy atom. The molecule has 9 heteroatoms. The lowest BCUT2D eigenvalue weighted by Crippen LogP contribution is -2.18. The molecule has 0 N–H and O–H groups in total. The van der Waals surface area contributed by atoms with Gasteiger partial charge in [0.05, 0.1) is 26.2 Å². The van der Waals surface area contributed by atoms with Crippen molar-refractivity contribution in [2.24, 2.45) is 0 Å². The van der Waals surface area contributed by atoms with Gasteiger partial charge in [-0.1, -0.05) is 132 Å². The molecule has 0 aliphatic rings. The maximum Gasteiger partial charge on any atom is 0.206 e. The minimum Gasteiger partial charge on any atom is -0.493 e. The molecule has 7 aromatic rings. The first-order chi connectivity index (χ1) is 32.2. The van der Waals surface area contributed by atoms with E-state index in [9.17, 15) is 16.8 Å². The SMILES string of the molecule is CCCCCCCCCCOc1cc(Cc2ccc(S(=O)(=O)c3ccc(Oc4ccc(C(C)(C)c5ccc(Oc6ccc(S(=O)(=O)c7ccc(C)cc7)cc6)cc5)cc4)cc3)cc2)ccc1C.